The molecule has 0 bridgehead atoms. The second-order valence-corrected chi connectivity index (χ2v) is 13.6. The van der Waals surface area contributed by atoms with Crippen molar-refractivity contribution in [1.82, 2.24) is 4.31 Å². The zero-order valence-electron chi connectivity index (χ0n) is 22.9. The highest BCUT2D eigenvalue weighted by molar-refractivity contribution is 7.92. The van der Waals surface area contributed by atoms with Gasteiger partial charge in [0, 0.05) is 29.7 Å². The maximum Gasteiger partial charge on any atom is 0.277 e. The fourth-order valence-corrected chi connectivity index (χ4v) is 6.80. The first-order chi connectivity index (χ1) is 18.2. The molecule has 0 amide bonds. The third-order valence-electron chi connectivity index (χ3n) is 5.49. The van der Waals surface area contributed by atoms with Crippen molar-refractivity contribution in [3.8, 4) is 11.1 Å². The van der Waals surface area contributed by atoms with Gasteiger partial charge in [0.2, 0.25) is 0 Å². The summed E-state index contributed by atoms with van der Waals surface area (Å²) in [5.41, 5.74) is 2.27. The van der Waals surface area contributed by atoms with Crippen LogP contribution in [0.5, 0.6) is 0 Å². The molecule has 0 aliphatic carbocycles. The molecular weight excluding hydrogens is 568 g/mol. The third kappa shape index (κ3) is 9.10. The van der Waals surface area contributed by atoms with E-state index in [9.17, 15) is 21.9 Å². The first kappa shape index (κ1) is 32.9. The first-order valence-corrected chi connectivity index (χ1v) is 16.0. The van der Waals surface area contributed by atoms with Crippen LogP contribution in [-0.4, -0.2) is 72.0 Å². The van der Waals surface area contributed by atoms with E-state index in [2.05, 4.69) is 0 Å². The molecule has 218 valence electrons. The number of methoxy groups -OCH3 is 1. The lowest BCUT2D eigenvalue weighted by molar-refractivity contribution is 0.0482. The number of hydrogen-bond acceptors (Lipinski definition) is 11. The predicted molar refractivity (Wildman–Crippen MR) is 150 cm³/mol. The van der Waals surface area contributed by atoms with E-state index in [0.29, 0.717) is 33.7 Å². The molecule has 1 heterocycles. The molecule has 0 spiro atoms. The van der Waals surface area contributed by atoms with Crippen molar-refractivity contribution < 1.29 is 40.3 Å². The Balaban J connectivity index is 2.64. The van der Waals surface area contributed by atoms with E-state index in [-0.39, 0.29) is 42.0 Å². The van der Waals surface area contributed by atoms with E-state index in [4.69, 9.17) is 23.8 Å². The molecule has 0 saturated heterocycles. The van der Waals surface area contributed by atoms with Crippen LogP contribution in [-0.2, 0) is 51.7 Å². The lowest BCUT2D eigenvalue weighted by Gasteiger charge is -2.25. The van der Waals surface area contributed by atoms with Gasteiger partial charge in [0.1, 0.15) is 16.8 Å². The number of aliphatic hydroxyl groups excluding tert-OH is 1. The fraction of sp³-hybridized carbons (Fsp3) is 0.480. The number of allylic oxidation sites excluding steroid dienone is 1. The van der Waals surface area contributed by atoms with E-state index < -0.39 is 32.7 Å². The smallest absolute Gasteiger partial charge is 0.277 e. The molecular formula is C25H36N2O9S3. The highest BCUT2D eigenvalue weighted by atomic mass is 32.2. The average molecular weight is 605 g/mol. The molecule has 2 N–H and O–H groups in total. The minimum absolute atomic E-state index is 0.0126. The van der Waals surface area contributed by atoms with Crippen molar-refractivity contribution in [2.45, 2.75) is 45.1 Å². The molecule has 0 fully saturated rings. The number of aliphatic hydroxyl groups is 1. The Bertz CT molecular complexity index is 1390. The number of aryl methyl sites for hydroxylation is 1. The Hall–Kier alpha value is -2.33. The zero-order chi connectivity index (χ0) is 29.4. The number of nitrogens with one attached hydrogen (secondary N) is 1. The van der Waals surface area contributed by atoms with E-state index in [1.807, 2.05) is 6.92 Å². The van der Waals surface area contributed by atoms with Crippen LogP contribution in [0.15, 0.2) is 39.8 Å². The minimum atomic E-state index is -4.33. The number of hydrogen-bond donors (Lipinski definition) is 2. The molecule has 1 aromatic carbocycles. The second kappa shape index (κ2) is 14.3. The van der Waals surface area contributed by atoms with Crippen molar-refractivity contribution in [3.63, 3.8) is 0 Å². The Morgan fingerprint density at radius 2 is 1.74 bits per heavy atom. The van der Waals surface area contributed by atoms with E-state index in [0.717, 1.165) is 21.9 Å². The van der Waals surface area contributed by atoms with Crippen LogP contribution in [0.4, 0.5) is 0 Å². The highest BCUT2D eigenvalue weighted by Crippen LogP contribution is 2.39. The summed E-state index contributed by atoms with van der Waals surface area (Å²) in [5.74, 6) is -0.613. The number of thiophene rings is 1. The van der Waals surface area contributed by atoms with Gasteiger partial charge >= 0.3 is 0 Å². The molecule has 0 aliphatic heterocycles. The van der Waals surface area contributed by atoms with Crippen LogP contribution in [0.2, 0.25) is 0 Å². The SMILES string of the molecule is CCOCc1cc(COS(C)(=O)=O)ccc1-c1cc(C)sc1S(=O)(=O)N(COCCOC)C(=N)/C(C)=C(/C)O. The van der Waals surface area contributed by atoms with Crippen molar-refractivity contribution in [2.24, 2.45) is 0 Å². The number of benzene rings is 1. The topological polar surface area (TPSA) is 153 Å². The number of amidine groups is 1. The summed E-state index contributed by atoms with van der Waals surface area (Å²) in [5, 5.41) is 18.5. The van der Waals surface area contributed by atoms with Gasteiger partial charge in [-0.1, -0.05) is 18.2 Å². The maximum absolute atomic E-state index is 14.0. The molecule has 2 rings (SSSR count). The lowest BCUT2D eigenvalue weighted by atomic mass is 10.00. The Morgan fingerprint density at radius 3 is 2.33 bits per heavy atom. The number of nitrogens with zero attached hydrogens (tertiary/aromatic N) is 1. The molecule has 14 heteroatoms. The van der Waals surface area contributed by atoms with Crippen LogP contribution >= 0.6 is 11.3 Å². The summed E-state index contributed by atoms with van der Waals surface area (Å²) in [6.45, 7) is 6.68. The van der Waals surface area contributed by atoms with Gasteiger partial charge in [-0.3, -0.25) is 9.59 Å². The Labute approximate surface area is 234 Å². The van der Waals surface area contributed by atoms with Gasteiger partial charge < -0.3 is 19.3 Å². The third-order valence-corrected chi connectivity index (χ3v) is 9.32. The summed E-state index contributed by atoms with van der Waals surface area (Å²) in [4.78, 5) is 0.716. The van der Waals surface area contributed by atoms with Crippen molar-refractivity contribution in [1.29, 1.82) is 5.41 Å². The Kier molecular flexibility index (Phi) is 12.1. The summed E-state index contributed by atoms with van der Waals surface area (Å²) >= 11 is 1.05. The van der Waals surface area contributed by atoms with E-state index >= 15 is 0 Å². The van der Waals surface area contributed by atoms with Crippen LogP contribution in [0.3, 0.4) is 0 Å². The highest BCUT2D eigenvalue weighted by Gasteiger charge is 2.33. The maximum atomic E-state index is 14.0. The van der Waals surface area contributed by atoms with Gasteiger partial charge in [0.25, 0.3) is 20.1 Å². The monoisotopic (exact) mass is 604 g/mol. The van der Waals surface area contributed by atoms with Gasteiger partial charge in [-0.05, 0) is 50.5 Å². The van der Waals surface area contributed by atoms with Gasteiger partial charge in [-0.15, -0.1) is 11.3 Å². The summed E-state index contributed by atoms with van der Waals surface area (Å²) in [6.07, 6.45) is 0.964. The van der Waals surface area contributed by atoms with Gasteiger partial charge in [0.15, 0.2) is 0 Å². The molecule has 11 nitrogen and oxygen atoms in total. The molecule has 0 unspecified atom stereocenters. The molecule has 0 radical (unpaired) electrons. The normalized spacial score (nSPS) is 12.9. The van der Waals surface area contributed by atoms with E-state index in [1.54, 1.807) is 31.2 Å². The largest absolute Gasteiger partial charge is 0.512 e. The molecule has 0 saturated carbocycles. The quantitative estimate of drug-likeness (QED) is 0.0761. The van der Waals surface area contributed by atoms with Crippen LogP contribution in [0, 0.1) is 12.3 Å². The van der Waals surface area contributed by atoms with Gasteiger partial charge in [0.05, 0.1) is 38.4 Å². The zero-order valence-corrected chi connectivity index (χ0v) is 25.4. The van der Waals surface area contributed by atoms with Crippen molar-refractivity contribution in [2.75, 3.05) is 39.9 Å². The molecule has 2 aromatic rings. The fourth-order valence-electron chi connectivity index (χ4n) is 3.38. The summed E-state index contributed by atoms with van der Waals surface area (Å²) in [7, 11) is -6.50. The Morgan fingerprint density at radius 1 is 1.05 bits per heavy atom. The number of ether oxygens (including phenoxy) is 3. The second-order valence-electron chi connectivity index (χ2n) is 8.60. The standard InChI is InChI=1S/C25H36N2O9S3/c1-7-34-15-21-13-20(14-36-38(6,29)30)8-9-22(21)23-12-17(2)37-25(23)39(31,32)27(16-35-11-10-33-5)24(26)18(3)19(4)28/h8-9,12-13,26,28H,7,10-11,14-16H2,1-6H3/b19-18-,26-24?. The molecule has 1 aromatic heterocycles. The van der Waals surface area contributed by atoms with Crippen LogP contribution in [0.25, 0.3) is 11.1 Å². The van der Waals surface area contributed by atoms with Crippen LogP contribution in [0.1, 0.15) is 36.8 Å². The summed E-state index contributed by atoms with van der Waals surface area (Å²) in [6, 6.07) is 6.82. The number of rotatable bonds is 15. The van der Waals surface area contributed by atoms with Crippen LogP contribution < -0.4 is 0 Å². The van der Waals surface area contributed by atoms with Gasteiger partial charge in [-0.25, -0.2) is 12.7 Å². The number of sulfonamides is 1. The summed E-state index contributed by atoms with van der Waals surface area (Å²) < 4.78 is 72.8. The molecule has 39 heavy (non-hydrogen) atoms. The molecule has 0 aliphatic rings. The molecule has 0 atom stereocenters. The first-order valence-electron chi connectivity index (χ1n) is 11.9. The van der Waals surface area contributed by atoms with E-state index in [1.165, 1.54) is 21.0 Å². The van der Waals surface area contributed by atoms with Crippen molar-refractivity contribution in [3.05, 3.63) is 51.6 Å². The van der Waals surface area contributed by atoms with Gasteiger partial charge in [-0.2, -0.15) is 8.42 Å². The van der Waals surface area contributed by atoms with Crippen molar-refractivity contribution >= 4 is 37.3 Å². The predicted octanol–water partition coefficient (Wildman–Crippen LogP) is 4.18. The minimum Gasteiger partial charge on any atom is -0.512 e. The lowest BCUT2D eigenvalue weighted by Crippen LogP contribution is -2.39. The average Bonchev–Trinajstić information content (AvgIpc) is 3.27.